The molecule has 0 radical (unpaired) electrons. The minimum absolute atomic E-state index is 0.0360. The molecule has 1 heterocycles. The quantitative estimate of drug-likeness (QED) is 0.761. The molecule has 1 fully saturated rings. The minimum Gasteiger partial charge on any atom is -0.497 e. The summed E-state index contributed by atoms with van der Waals surface area (Å²) < 4.78 is 5.13. The number of carbonyl (C=O) groups is 2. The Morgan fingerprint density at radius 1 is 1.08 bits per heavy atom. The van der Waals surface area contributed by atoms with Gasteiger partial charge in [0.25, 0.3) is 0 Å². The number of hydrogen-bond acceptors (Lipinski definition) is 4. The van der Waals surface area contributed by atoms with Gasteiger partial charge in [0.1, 0.15) is 5.75 Å². The maximum Gasteiger partial charge on any atom is 0.317 e. The molecule has 0 atom stereocenters. The molecule has 0 bridgehead atoms. The lowest BCUT2D eigenvalue weighted by molar-refractivity contribution is -0.122. The molecule has 3 amide bonds. The summed E-state index contributed by atoms with van der Waals surface area (Å²) in [4.78, 5) is 27.7. The first kappa shape index (κ1) is 19.1. The monoisotopic (exact) mass is 348 g/mol. The van der Waals surface area contributed by atoms with Crippen molar-refractivity contribution in [2.24, 2.45) is 0 Å². The van der Waals surface area contributed by atoms with Crippen LogP contribution in [0.3, 0.4) is 0 Å². The SMILES string of the molecule is CCNC(=O)CN1CCN(C(=O)NCCc2ccc(OC)cc2)CC1. The fourth-order valence-corrected chi connectivity index (χ4v) is 2.78. The average Bonchev–Trinajstić information content (AvgIpc) is 2.63. The number of rotatable bonds is 7. The van der Waals surface area contributed by atoms with Gasteiger partial charge < -0.3 is 20.3 Å². The zero-order valence-electron chi connectivity index (χ0n) is 15.1. The van der Waals surface area contributed by atoms with E-state index in [1.807, 2.05) is 36.1 Å². The third-order valence-electron chi connectivity index (χ3n) is 4.25. The minimum atomic E-state index is -0.0360. The Labute approximate surface area is 149 Å². The van der Waals surface area contributed by atoms with Crippen LogP contribution in [-0.2, 0) is 11.2 Å². The molecule has 138 valence electrons. The van der Waals surface area contributed by atoms with Gasteiger partial charge in [-0.1, -0.05) is 12.1 Å². The van der Waals surface area contributed by atoms with E-state index >= 15 is 0 Å². The molecule has 2 N–H and O–H groups in total. The third kappa shape index (κ3) is 6.26. The van der Waals surface area contributed by atoms with Gasteiger partial charge >= 0.3 is 6.03 Å². The number of carbonyl (C=O) groups excluding carboxylic acids is 2. The van der Waals surface area contributed by atoms with Crippen molar-refractivity contribution in [1.82, 2.24) is 20.4 Å². The lowest BCUT2D eigenvalue weighted by Crippen LogP contribution is -2.53. The number of nitrogens with one attached hydrogen (secondary N) is 2. The second-order valence-electron chi connectivity index (χ2n) is 6.05. The standard InChI is InChI=1S/C18H28N4O3/c1-3-19-17(23)14-21-10-12-22(13-11-21)18(24)20-9-8-15-4-6-16(25-2)7-5-15/h4-7H,3,8-14H2,1-2H3,(H,19,23)(H,20,24). The molecule has 1 aliphatic heterocycles. The number of ether oxygens (including phenoxy) is 1. The molecule has 0 saturated carbocycles. The van der Waals surface area contributed by atoms with Gasteiger partial charge in [-0.2, -0.15) is 0 Å². The van der Waals surface area contributed by atoms with E-state index in [1.54, 1.807) is 7.11 Å². The largest absolute Gasteiger partial charge is 0.497 e. The van der Waals surface area contributed by atoms with Crippen molar-refractivity contribution in [2.75, 3.05) is 52.9 Å². The van der Waals surface area contributed by atoms with Crippen molar-refractivity contribution in [2.45, 2.75) is 13.3 Å². The summed E-state index contributed by atoms with van der Waals surface area (Å²) in [6.45, 7) is 6.31. The molecule has 0 unspecified atom stereocenters. The molecule has 0 aliphatic carbocycles. The first-order valence-corrected chi connectivity index (χ1v) is 8.77. The number of likely N-dealkylation sites (N-methyl/N-ethyl adjacent to an activating group) is 1. The zero-order chi connectivity index (χ0) is 18.1. The van der Waals surface area contributed by atoms with Crippen LogP contribution >= 0.6 is 0 Å². The van der Waals surface area contributed by atoms with E-state index in [0.717, 1.165) is 30.8 Å². The van der Waals surface area contributed by atoms with Crippen LogP contribution in [0.1, 0.15) is 12.5 Å². The fourth-order valence-electron chi connectivity index (χ4n) is 2.78. The topological polar surface area (TPSA) is 73.9 Å². The number of nitrogens with zero attached hydrogens (tertiary/aromatic N) is 2. The van der Waals surface area contributed by atoms with Crippen molar-refractivity contribution in [3.8, 4) is 5.75 Å². The van der Waals surface area contributed by atoms with Crippen LogP contribution < -0.4 is 15.4 Å². The summed E-state index contributed by atoms with van der Waals surface area (Å²) in [6, 6.07) is 7.82. The summed E-state index contributed by atoms with van der Waals surface area (Å²) in [5, 5.41) is 5.76. The first-order chi connectivity index (χ1) is 12.1. The summed E-state index contributed by atoms with van der Waals surface area (Å²) in [7, 11) is 1.64. The molecule has 1 aromatic rings. The smallest absolute Gasteiger partial charge is 0.317 e. The van der Waals surface area contributed by atoms with Crippen molar-refractivity contribution >= 4 is 11.9 Å². The van der Waals surface area contributed by atoms with E-state index in [2.05, 4.69) is 15.5 Å². The highest BCUT2D eigenvalue weighted by molar-refractivity contribution is 5.78. The van der Waals surface area contributed by atoms with Gasteiger partial charge in [-0.3, -0.25) is 9.69 Å². The van der Waals surface area contributed by atoms with Crippen LogP contribution in [0.15, 0.2) is 24.3 Å². The van der Waals surface area contributed by atoms with Crippen LogP contribution in [0, 0.1) is 0 Å². The normalized spacial score (nSPS) is 14.9. The van der Waals surface area contributed by atoms with Crippen molar-refractivity contribution in [3.63, 3.8) is 0 Å². The van der Waals surface area contributed by atoms with Gasteiger partial charge in [0.15, 0.2) is 0 Å². The van der Waals surface area contributed by atoms with Gasteiger partial charge in [-0.25, -0.2) is 4.79 Å². The molecule has 1 aliphatic rings. The summed E-state index contributed by atoms with van der Waals surface area (Å²) in [6.07, 6.45) is 0.785. The Bertz CT molecular complexity index is 554. The van der Waals surface area contributed by atoms with E-state index in [9.17, 15) is 9.59 Å². The molecule has 1 saturated heterocycles. The molecule has 0 aromatic heterocycles. The fraction of sp³-hybridized carbons (Fsp3) is 0.556. The molecular weight excluding hydrogens is 320 g/mol. The van der Waals surface area contributed by atoms with Crippen LogP contribution in [-0.4, -0.2) is 74.7 Å². The van der Waals surface area contributed by atoms with E-state index in [4.69, 9.17) is 4.74 Å². The number of amides is 3. The van der Waals surface area contributed by atoms with Gasteiger partial charge in [-0.15, -0.1) is 0 Å². The molecule has 2 rings (SSSR count). The Morgan fingerprint density at radius 3 is 2.36 bits per heavy atom. The van der Waals surface area contributed by atoms with Crippen molar-refractivity contribution in [1.29, 1.82) is 0 Å². The van der Waals surface area contributed by atoms with Gasteiger partial charge in [0.05, 0.1) is 13.7 Å². The Balaban J connectivity index is 1.65. The predicted molar refractivity (Wildman–Crippen MR) is 96.8 cm³/mol. The highest BCUT2D eigenvalue weighted by atomic mass is 16.5. The van der Waals surface area contributed by atoms with Crippen LogP contribution in [0.5, 0.6) is 5.75 Å². The lowest BCUT2D eigenvalue weighted by Gasteiger charge is -2.34. The number of methoxy groups -OCH3 is 1. The number of piperazine rings is 1. The summed E-state index contributed by atoms with van der Waals surface area (Å²) >= 11 is 0. The van der Waals surface area contributed by atoms with E-state index in [0.29, 0.717) is 32.7 Å². The predicted octanol–water partition coefficient (Wildman–Crippen LogP) is 0.701. The van der Waals surface area contributed by atoms with E-state index in [1.165, 1.54) is 0 Å². The molecule has 0 spiro atoms. The molecular formula is C18H28N4O3. The third-order valence-corrected chi connectivity index (χ3v) is 4.25. The second-order valence-corrected chi connectivity index (χ2v) is 6.05. The maximum atomic E-state index is 12.2. The van der Waals surface area contributed by atoms with Crippen LogP contribution in [0.4, 0.5) is 4.79 Å². The Hall–Kier alpha value is -2.28. The van der Waals surface area contributed by atoms with Crippen LogP contribution in [0.25, 0.3) is 0 Å². The average molecular weight is 348 g/mol. The maximum absolute atomic E-state index is 12.2. The Morgan fingerprint density at radius 2 is 1.76 bits per heavy atom. The number of hydrogen-bond donors (Lipinski definition) is 2. The van der Waals surface area contributed by atoms with E-state index < -0.39 is 0 Å². The zero-order valence-corrected chi connectivity index (χ0v) is 15.1. The summed E-state index contributed by atoms with van der Waals surface area (Å²) in [5.74, 6) is 0.873. The second kappa shape index (κ2) is 9.88. The molecule has 1 aromatic carbocycles. The van der Waals surface area contributed by atoms with E-state index in [-0.39, 0.29) is 11.9 Å². The molecule has 7 nitrogen and oxygen atoms in total. The highest BCUT2D eigenvalue weighted by Crippen LogP contribution is 2.11. The molecule has 7 heteroatoms. The number of urea groups is 1. The van der Waals surface area contributed by atoms with Crippen molar-refractivity contribution in [3.05, 3.63) is 29.8 Å². The lowest BCUT2D eigenvalue weighted by atomic mass is 10.1. The Kier molecular flexibility index (Phi) is 7.53. The first-order valence-electron chi connectivity index (χ1n) is 8.77. The number of benzene rings is 1. The van der Waals surface area contributed by atoms with Crippen molar-refractivity contribution < 1.29 is 14.3 Å². The van der Waals surface area contributed by atoms with Gasteiger partial charge in [0, 0.05) is 39.3 Å². The van der Waals surface area contributed by atoms with Crippen LogP contribution in [0.2, 0.25) is 0 Å². The molecule has 25 heavy (non-hydrogen) atoms. The summed E-state index contributed by atoms with van der Waals surface area (Å²) in [5.41, 5.74) is 1.16. The highest BCUT2D eigenvalue weighted by Gasteiger charge is 2.21. The van der Waals surface area contributed by atoms with Gasteiger partial charge in [0.2, 0.25) is 5.91 Å². The van der Waals surface area contributed by atoms with Gasteiger partial charge in [-0.05, 0) is 31.0 Å².